The van der Waals surface area contributed by atoms with Gasteiger partial charge in [-0.3, -0.25) is 0 Å². The van der Waals surface area contributed by atoms with Gasteiger partial charge in [-0.05, 0) is 6.42 Å². The zero-order valence-corrected chi connectivity index (χ0v) is 20.8. The van der Waals surface area contributed by atoms with Gasteiger partial charge < -0.3 is 0 Å². The number of imidazole rings is 1. The van der Waals surface area contributed by atoms with Crippen LogP contribution in [0.4, 0.5) is 0 Å². The largest absolute Gasteiger partial charge is 0.253 e. The fourth-order valence-electron chi connectivity index (χ4n) is 5.01. The number of benzene rings is 3. The predicted molar refractivity (Wildman–Crippen MR) is 144 cm³/mol. The predicted octanol–water partition coefficient (Wildman–Crippen LogP) is 4.99. The molecule has 0 fully saturated rings. The minimum absolute atomic E-state index is 0.913. The van der Waals surface area contributed by atoms with Crippen molar-refractivity contribution in [3.63, 3.8) is 0 Å². The van der Waals surface area contributed by atoms with Gasteiger partial charge in [-0.1, -0.05) is 118 Å². The Bertz CT molecular complexity index is 976. The van der Waals surface area contributed by atoms with Gasteiger partial charge in [0.05, 0.1) is 19.7 Å². The summed E-state index contributed by atoms with van der Waals surface area (Å²) in [4.78, 5) is 0. The van der Waals surface area contributed by atoms with E-state index >= 15 is 0 Å². The lowest BCUT2D eigenvalue weighted by molar-refractivity contribution is -0.677. The van der Waals surface area contributed by atoms with Crippen molar-refractivity contribution in [1.82, 2.24) is 4.57 Å². The van der Waals surface area contributed by atoms with Crippen molar-refractivity contribution in [2.45, 2.75) is 52.9 Å². The summed E-state index contributed by atoms with van der Waals surface area (Å²) in [5, 5.41) is 0. The first kappa shape index (κ1) is 24.6. The lowest BCUT2D eigenvalue weighted by Crippen LogP contribution is -2.66. The Morgan fingerprint density at radius 1 is 0.697 bits per heavy atom. The van der Waals surface area contributed by atoms with Crippen LogP contribution in [0, 0.1) is 6.92 Å². The molecule has 172 valence electrons. The summed E-state index contributed by atoms with van der Waals surface area (Å²) in [6, 6.07) is 33.2. The van der Waals surface area contributed by atoms with E-state index in [1.165, 1.54) is 47.8 Å². The molecule has 4 aromatic rings. The number of aromatic nitrogens is 2. The van der Waals surface area contributed by atoms with E-state index < -0.39 is 6.15 Å². The summed E-state index contributed by atoms with van der Waals surface area (Å²) in [5.41, 5.74) is 4.33. The van der Waals surface area contributed by atoms with Gasteiger partial charge in [0.15, 0.2) is 0 Å². The fourth-order valence-corrected chi connectivity index (χ4v) is 5.01. The summed E-state index contributed by atoms with van der Waals surface area (Å²) < 4.78 is 4.40. The van der Waals surface area contributed by atoms with Gasteiger partial charge in [-0.2, -0.15) is 22.7 Å². The molecule has 3 aromatic carbocycles. The van der Waals surface area contributed by atoms with Crippen molar-refractivity contribution < 1.29 is 4.57 Å². The maximum Gasteiger partial charge on any atom is 0.253 e. The van der Waals surface area contributed by atoms with E-state index in [0.717, 1.165) is 6.54 Å². The van der Waals surface area contributed by atoms with Crippen molar-refractivity contribution in [3.8, 4) is 0 Å². The second-order valence-electron chi connectivity index (χ2n) is 9.07. The molecule has 0 N–H and O–H groups in total. The third kappa shape index (κ3) is 5.84. The number of aryl methyl sites for hydroxylation is 2. The van der Waals surface area contributed by atoms with Crippen LogP contribution < -0.4 is 21.0 Å². The van der Waals surface area contributed by atoms with Gasteiger partial charge in [-0.15, -0.1) is 0 Å². The molecular formula is C30H39BN2. The van der Waals surface area contributed by atoms with Gasteiger partial charge >= 0.3 is 0 Å². The standard InChI is InChI=1S/C22H24B.C8H15N2/c1-2-3-19-23(20-13-7-4-8-14-20,21-15-9-5-10-16-21)22-17-11-6-12-18-22;1-4-5-10-7-6-9(3)8(10)2/h4-18H,2-3,19H2,1H3;6-7H,4-5H2,1-3H3/q-1;+1. The third-order valence-corrected chi connectivity index (χ3v) is 6.96. The van der Waals surface area contributed by atoms with Crippen LogP contribution in [0.3, 0.4) is 0 Å². The zero-order valence-electron chi connectivity index (χ0n) is 20.8. The Hall–Kier alpha value is -3.07. The van der Waals surface area contributed by atoms with E-state index in [2.05, 4.69) is 140 Å². The molecule has 0 amide bonds. The molecule has 3 heteroatoms. The minimum atomic E-state index is -0.913. The van der Waals surface area contributed by atoms with Gasteiger partial charge in [0.2, 0.25) is 0 Å². The van der Waals surface area contributed by atoms with Gasteiger partial charge in [0.1, 0.15) is 12.4 Å². The van der Waals surface area contributed by atoms with Crippen LogP contribution in [0.2, 0.25) is 6.32 Å². The second-order valence-corrected chi connectivity index (χ2v) is 9.07. The first-order chi connectivity index (χ1) is 16.1. The van der Waals surface area contributed by atoms with Crippen molar-refractivity contribution in [1.29, 1.82) is 0 Å². The van der Waals surface area contributed by atoms with Crippen molar-refractivity contribution in [3.05, 3.63) is 109 Å². The number of nitrogens with zero attached hydrogens (tertiary/aromatic N) is 2. The quantitative estimate of drug-likeness (QED) is 0.271. The van der Waals surface area contributed by atoms with E-state index in [1.807, 2.05) is 0 Å². The summed E-state index contributed by atoms with van der Waals surface area (Å²) >= 11 is 0. The Morgan fingerprint density at radius 2 is 1.15 bits per heavy atom. The summed E-state index contributed by atoms with van der Waals surface area (Å²) in [5.74, 6) is 1.32. The molecule has 1 aromatic heterocycles. The van der Waals surface area contributed by atoms with Crippen molar-refractivity contribution >= 4 is 22.5 Å². The number of unbranched alkanes of at least 4 members (excludes halogenated alkanes) is 1. The monoisotopic (exact) mass is 438 g/mol. The molecule has 1 heterocycles. The topological polar surface area (TPSA) is 8.81 Å². The third-order valence-electron chi connectivity index (χ3n) is 6.96. The van der Waals surface area contributed by atoms with E-state index in [1.54, 1.807) is 0 Å². The summed E-state index contributed by atoms with van der Waals surface area (Å²) in [6.45, 7) is 7.74. The molecule has 0 saturated carbocycles. The average Bonchev–Trinajstić information content (AvgIpc) is 3.19. The highest BCUT2D eigenvalue weighted by atomic mass is 15.1. The van der Waals surface area contributed by atoms with Gasteiger partial charge in [-0.25, -0.2) is 9.13 Å². The van der Waals surface area contributed by atoms with E-state index in [-0.39, 0.29) is 0 Å². The molecule has 33 heavy (non-hydrogen) atoms. The molecule has 0 aliphatic rings. The fraction of sp³-hybridized carbons (Fsp3) is 0.300. The molecule has 2 nitrogen and oxygen atoms in total. The van der Waals surface area contributed by atoms with Gasteiger partial charge in [0, 0.05) is 6.92 Å². The van der Waals surface area contributed by atoms with E-state index in [4.69, 9.17) is 0 Å². The molecule has 0 atom stereocenters. The molecule has 0 bridgehead atoms. The number of hydrogen-bond donors (Lipinski definition) is 0. The van der Waals surface area contributed by atoms with E-state index in [0.29, 0.717) is 0 Å². The highest BCUT2D eigenvalue weighted by molar-refractivity contribution is 7.11. The van der Waals surface area contributed by atoms with Crippen LogP contribution in [-0.4, -0.2) is 10.7 Å². The van der Waals surface area contributed by atoms with Crippen LogP contribution in [0.25, 0.3) is 0 Å². The Morgan fingerprint density at radius 3 is 1.48 bits per heavy atom. The van der Waals surface area contributed by atoms with Crippen LogP contribution in [0.1, 0.15) is 38.9 Å². The molecule has 0 spiro atoms. The van der Waals surface area contributed by atoms with Crippen LogP contribution in [0.15, 0.2) is 103 Å². The van der Waals surface area contributed by atoms with Crippen molar-refractivity contribution in [2.75, 3.05) is 0 Å². The SMILES string of the molecule is CCCC[B-](c1ccccc1)(c1ccccc1)c1ccccc1.CCCn1cc[n+](C)c1C. The van der Waals surface area contributed by atoms with Crippen LogP contribution in [0.5, 0.6) is 0 Å². The Balaban J connectivity index is 0.000000257. The first-order valence-electron chi connectivity index (χ1n) is 12.5. The minimum Gasteiger partial charge on any atom is -0.237 e. The molecule has 0 radical (unpaired) electrons. The molecule has 0 saturated heterocycles. The lowest BCUT2D eigenvalue weighted by atomic mass is 9.14. The van der Waals surface area contributed by atoms with E-state index in [9.17, 15) is 0 Å². The average molecular weight is 438 g/mol. The van der Waals surface area contributed by atoms with Gasteiger partial charge in [0.25, 0.3) is 5.82 Å². The normalized spacial score (nSPS) is 11.0. The van der Waals surface area contributed by atoms with Crippen LogP contribution in [-0.2, 0) is 13.6 Å². The molecule has 0 aliphatic carbocycles. The maximum atomic E-state index is 2.30. The van der Waals surface area contributed by atoms with Crippen molar-refractivity contribution in [2.24, 2.45) is 7.05 Å². The maximum absolute atomic E-state index is 2.30. The molecule has 0 aliphatic heterocycles. The number of rotatable bonds is 8. The summed E-state index contributed by atoms with van der Waals surface area (Å²) in [7, 11) is 2.07. The first-order valence-corrected chi connectivity index (χ1v) is 12.5. The molecular weight excluding hydrogens is 399 g/mol. The molecule has 4 rings (SSSR count). The highest BCUT2D eigenvalue weighted by Crippen LogP contribution is 2.16. The smallest absolute Gasteiger partial charge is 0.237 e. The Labute approximate surface area is 200 Å². The lowest BCUT2D eigenvalue weighted by Gasteiger charge is -2.43. The Kier molecular flexibility index (Phi) is 9.12. The molecule has 0 unspecified atom stereocenters. The second kappa shape index (κ2) is 12.2. The summed E-state index contributed by atoms with van der Waals surface area (Å²) in [6.07, 6.45) is 8.14. The zero-order chi connectivity index (χ0) is 23.5. The number of hydrogen-bond acceptors (Lipinski definition) is 0. The van der Waals surface area contributed by atoms with Crippen LogP contribution >= 0.6 is 0 Å². The highest BCUT2D eigenvalue weighted by Gasteiger charge is 2.28.